The van der Waals surface area contributed by atoms with Gasteiger partial charge in [0.1, 0.15) is 18.1 Å². The minimum Gasteiger partial charge on any atom is -0.487 e. The van der Waals surface area contributed by atoms with E-state index in [1.807, 2.05) is 29.6 Å². The van der Waals surface area contributed by atoms with Crippen LogP contribution in [0.1, 0.15) is 5.69 Å². The Morgan fingerprint density at radius 1 is 1.29 bits per heavy atom. The summed E-state index contributed by atoms with van der Waals surface area (Å²) in [7, 11) is 0. The van der Waals surface area contributed by atoms with Crippen molar-refractivity contribution in [3.8, 4) is 5.75 Å². The summed E-state index contributed by atoms with van der Waals surface area (Å²) in [6, 6.07) is 7.69. The zero-order chi connectivity index (χ0) is 9.80. The maximum atomic E-state index is 5.49. The lowest BCUT2D eigenvalue weighted by atomic mass is 10.3. The second kappa shape index (κ2) is 4.52. The van der Waals surface area contributed by atoms with Gasteiger partial charge in [0.05, 0.1) is 0 Å². The average Bonchev–Trinajstić information content (AvgIpc) is 2.70. The predicted octanol–water partition coefficient (Wildman–Crippen LogP) is 2.88. The number of nitrogens with zero attached hydrogens (tertiary/aromatic N) is 2. The highest BCUT2D eigenvalue weighted by atomic mass is 79.9. The Kier molecular flexibility index (Phi) is 3.10. The molecule has 0 N–H and O–H groups in total. The Morgan fingerprint density at radius 2 is 2.07 bits per heavy atom. The molecule has 0 unspecified atom stereocenters. The minimum absolute atomic E-state index is 0.470. The molecule has 0 aliphatic carbocycles. The normalized spacial score (nSPS) is 10.1. The summed E-state index contributed by atoms with van der Waals surface area (Å²) < 4.78 is 10.3. The Morgan fingerprint density at radius 3 is 2.71 bits per heavy atom. The first-order chi connectivity index (χ1) is 6.84. The molecule has 14 heavy (non-hydrogen) atoms. The van der Waals surface area contributed by atoms with Crippen LogP contribution in [-0.4, -0.2) is 9.59 Å². The Balaban J connectivity index is 1.95. The van der Waals surface area contributed by atoms with E-state index in [9.17, 15) is 0 Å². The van der Waals surface area contributed by atoms with E-state index in [-0.39, 0.29) is 0 Å². The third-order valence-corrected chi connectivity index (χ3v) is 2.69. The van der Waals surface area contributed by atoms with Gasteiger partial charge in [-0.25, -0.2) is 0 Å². The topological polar surface area (TPSA) is 35.0 Å². The fourth-order valence-electron chi connectivity index (χ4n) is 0.935. The van der Waals surface area contributed by atoms with Crippen LogP contribution >= 0.6 is 27.5 Å². The molecule has 1 aromatic carbocycles. The lowest BCUT2D eigenvalue weighted by Gasteiger charge is -2.02. The standard InChI is InChI=1S/C9H7BrN2OS/c10-7-1-3-9(4-2-7)13-5-8-6-14-12-11-8/h1-4,6H,5H2. The van der Waals surface area contributed by atoms with E-state index in [1.165, 1.54) is 11.5 Å². The first kappa shape index (κ1) is 9.61. The Labute approximate surface area is 94.0 Å². The molecule has 0 saturated carbocycles. The molecular formula is C9H7BrN2OS. The summed E-state index contributed by atoms with van der Waals surface area (Å²) in [4.78, 5) is 0. The van der Waals surface area contributed by atoms with Gasteiger partial charge in [-0.05, 0) is 35.8 Å². The molecule has 0 atom stereocenters. The van der Waals surface area contributed by atoms with Gasteiger partial charge in [-0.1, -0.05) is 20.4 Å². The average molecular weight is 271 g/mol. The van der Waals surface area contributed by atoms with Gasteiger partial charge >= 0.3 is 0 Å². The van der Waals surface area contributed by atoms with Crippen molar-refractivity contribution < 1.29 is 4.74 Å². The second-order valence-electron chi connectivity index (χ2n) is 2.64. The fourth-order valence-corrected chi connectivity index (χ4v) is 1.64. The van der Waals surface area contributed by atoms with Gasteiger partial charge in [0.2, 0.25) is 0 Å². The highest BCUT2D eigenvalue weighted by molar-refractivity contribution is 9.10. The number of rotatable bonds is 3. The lowest BCUT2D eigenvalue weighted by molar-refractivity contribution is 0.301. The third-order valence-electron chi connectivity index (χ3n) is 1.61. The van der Waals surface area contributed by atoms with Crippen molar-refractivity contribution in [2.75, 3.05) is 0 Å². The highest BCUT2D eigenvalue weighted by Gasteiger charge is 1.97. The van der Waals surface area contributed by atoms with Crippen molar-refractivity contribution >= 4 is 27.5 Å². The van der Waals surface area contributed by atoms with Crippen molar-refractivity contribution in [1.29, 1.82) is 0 Å². The van der Waals surface area contributed by atoms with Crippen molar-refractivity contribution in [1.82, 2.24) is 9.59 Å². The minimum atomic E-state index is 0.470. The van der Waals surface area contributed by atoms with Gasteiger partial charge in [0.25, 0.3) is 0 Å². The van der Waals surface area contributed by atoms with Gasteiger partial charge in [0, 0.05) is 9.85 Å². The van der Waals surface area contributed by atoms with Crippen LogP contribution in [0.15, 0.2) is 34.1 Å². The van der Waals surface area contributed by atoms with Crippen molar-refractivity contribution in [3.63, 3.8) is 0 Å². The summed E-state index contributed by atoms with van der Waals surface area (Å²) in [5.41, 5.74) is 0.859. The molecular weight excluding hydrogens is 264 g/mol. The predicted molar refractivity (Wildman–Crippen MR) is 58.4 cm³/mol. The molecule has 0 amide bonds. The zero-order valence-electron chi connectivity index (χ0n) is 7.18. The van der Waals surface area contributed by atoms with Gasteiger partial charge in [-0.3, -0.25) is 0 Å². The van der Waals surface area contributed by atoms with Crippen LogP contribution in [0.25, 0.3) is 0 Å². The van der Waals surface area contributed by atoms with Gasteiger partial charge in [0.15, 0.2) is 0 Å². The second-order valence-corrected chi connectivity index (χ2v) is 4.16. The van der Waals surface area contributed by atoms with Crippen molar-refractivity contribution in [2.45, 2.75) is 6.61 Å². The molecule has 2 rings (SSSR count). The van der Waals surface area contributed by atoms with E-state index < -0.39 is 0 Å². The first-order valence-corrected chi connectivity index (χ1v) is 5.62. The summed E-state index contributed by atoms with van der Waals surface area (Å²) >= 11 is 4.69. The monoisotopic (exact) mass is 270 g/mol. The molecule has 0 radical (unpaired) electrons. The van der Waals surface area contributed by atoms with Crippen LogP contribution in [-0.2, 0) is 6.61 Å². The molecule has 5 heteroatoms. The molecule has 1 heterocycles. The molecule has 0 saturated heterocycles. The molecule has 2 aromatic rings. The number of benzene rings is 1. The van der Waals surface area contributed by atoms with Gasteiger partial charge in [-0.2, -0.15) is 0 Å². The molecule has 3 nitrogen and oxygen atoms in total. The quantitative estimate of drug-likeness (QED) is 0.861. The maximum absolute atomic E-state index is 5.49. The third kappa shape index (κ3) is 2.52. The van der Waals surface area contributed by atoms with Crippen molar-refractivity contribution in [3.05, 3.63) is 39.8 Å². The molecule has 72 valence electrons. The van der Waals surface area contributed by atoms with E-state index in [0.717, 1.165) is 15.9 Å². The largest absolute Gasteiger partial charge is 0.487 e. The smallest absolute Gasteiger partial charge is 0.133 e. The molecule has 0 aliphatic rings. The first-order valence-electron chi connectivity index (χ1n) is 3.99. The van der Waals surface area contributed by atoms with E-state index in [4.69, 9.17) is 4.74 Å². The van der Waals surface area contributed by atoms with Crippen LogP contribution in [0.3, 0.4) is 0 Å². The fraction of sp³-hybridized carbons (Fsp3) is 0.111. The van der Waals surface area contributed by atoms with Gasteiger partial charge in [-0.15, -0.1) is 5.10 Å². The molecule has 0 aliphatic heterocycles. The van der Waals surface area contributed by atoms with Crippen LogP contribution in [0.4, 0.5) is 0 Å². The number of ether oxygens (including phenoxy) is 1. The SMILES string of the molecule is Brc1ccc(OCc2csnn2)cc1. The number of halogens is 1. The number of hydrogen-bond acceptors (Lipinski definition) is 4. The lowest BCUT2D eigenvalue weighted by Crippen LogP contribution is -1.95. The maximum Gasteiger partial charge on any atom is 0.133 e. The zero-order valence-corrected chi connectivity index (χ0v) is 9.59. The van der Waals surface area contributed by atoms with E-state index in [0.29, 0.717) is 6.61 Å². The van der Waals surface area contributed by atoms with E-state index >= 15 is 0 Å². The molecule has 0 spiro atoms. The van der Waals surface area contributed by atoms with Crippen LogP contribution in [0.2, 0.25) is 0 Å². The molecule has 0 fully saturated rings. The summed E-state index contributed by atoms with van der Waals surface area (Å²) in [5, 5.41) is 5.76. The van der Waals surface area contributed by atoms with Crippen LogP contribution < -0.4 is 4.74 Å². The molecule has 0 bridgehead atoms. The summed E-state index contributed by atoms with van der Waals surface area (Å²) in [6.45, 7) is 0.470. The van der Waals surface area contributed by atoms with Crippen LogP contribution in [0.5, 0.6) is 5.75 Å². The highest BCUT2D eigenvalue weighted by Crippen LogP contribution is 2.16. The summed E-state index contributed by atoms with van der Waals surface area (Å²) in [6.07, 6.45) is 0. The molecule has 1 aromatic heterocycles. The van der Waals surface area contributed by atoms with Crippen LogP contribution in [0, 0.1) is 0 Å². The van der Waals surface area contributed by atoms with E-state index in [2.05, 4.69) is 25.5 Å². The van der Waals surface area contributed by atoms with Crippen molar-refractivity contribution in [2.24, 2.45) is 0 Å². The van der Waals surface area contributed by atoms with Gasteiger partial charge < -0.3 is 4.74 Å². The summed E-state index contributed by atoms with van der Waals surface area (Å²) in [5.74, 6) is 0.834. The number of hydrogen-bond donors (Lipinski definition) is 0. The van der Waals surface area contributed by atoms with E-state index in [1.54, 1.807) is 0 Å². The Bertz CT molecular complexity index is 388. The Hall–Kier alpha value is -0.940. The number of aromatic nitrogens is 2.